The highest BCUT2D eigenvalue weighted by Crippen LogP contribution is 2.37. The molecule has 3 heteroatoms. The minimum atomic E-state index is 0.0147. The van der Waals surface area contributed by atoms with Gasteiger partial charge in [-0.05, 0) is 82.9 Å². The monoisotopic (exact) mass is 664 g/mol. The van der Waals surface area contributed by atoms with E-state index in [0.717, 1.165) is 33.6 Å². The fourth-order valence-electron chi connectivity index (χ4n) is 7.81. The highest BCUT2D eigenvalue weighted by molar-refractivity contribution is 6.12. The number of nitrogens with zero attached hydrogens (tertiary/aromatic N) is 2. The van der Waals surface area contributed by atoms with Gasteiger partial charge >= 0.3 is 0 Å². The molecule has 10 aromatic rings. The number of carbonyl (C=O) groups excluding carboxylic acids is 1. The Morgan fingerprint density at radius 1 is 0.308 bits per heavy atom. The van der Waals surface area contributed by atoms with Crippen LogP contribution in [0.5, 0.6) is 0 Å². The largest absolute Gasteiger partial charge is 0.309 e. The molecule has 8 aromatic carbocycles. The van der Waals surface area contributed by atoms with Crippen LogP contribution in [0.2, 0.25) is 0 Å². The Balaban J connectivity index is 0.937. The summed E-state index contributed by atoms with van der Waals surface area (Å²) in [6.45, 7) is 0. The van der Waals surface area contributed by atoms with Gasteiger partial charge in [0.15, 0.2) is 5.78 Å². The van der Waals surface area contributed by atoms with Crippen molar-refractivity contribution in [3.63, 3.8) is 0 Å². The normalized spacial score (nSPS) is 11.5. The minimum absolute atomic E-state index is 0.0147. The minimum Gasteiger partial charge on any atom is -0.309 e. The Labute approximate surface area is 301 Å². The van der Waals surface area contributed by atoms with Crippen molar-refractivity contribution >= 4 is 49.4 Å². The zero-order valence-corrected chi connectivity index (χ0v) is 28.3. The molecule has 10 rings (SSSR count). The number of ketones is 1. The first-order valence-corrected chi connectivity index (χ1v) is 17.6. The van der Waals surface area contributed by atoms with Crippen molar-refractivity contribution in [2.45, 2.75) is 0 Å². The third-order valence-electron chi connectivity index (χ3n) is 10.3. The van der Waals surface area contributed by atoms with Crippen molar-refractivity contribution in [3.05, 3.63) is 205 Å². The third kappa shape index (κ3) is 4.86. The summed E-state index contributed by atoms with van der Waals surface area (Å²) in [5.41, 5.74) is 12.7. The first-order valence-electron chi connectivity index (χ1n) is 17.6. The molecule has 0 amide bonds. The predicted octanol–water partition coefficient (Wildman–Crippen LogP) is 12.4. The Morgan fingerprint density at radius 3 is 1.08 bits per heavy atom. The average Bonchev–Trinajstić information content (AvgIpc) is 3.73. The molecule has 0 aliphatic rings. The second-order valence-corrected chi connectivity index (χ2v) is 13.3. The molecule has 2 aromatic heterocycles. The number of carbonyl (C=O) groups is 1. The Hall–Kier alpha value is -6.97. The molecular formula is C49H32N2O. The van der Waals surface area contributed by atoms with Gasteiger partial charge in [-0.2, -0.15) is 0 Å². The maximum Gasteiger partial charge on any atom is 0.193 e. The van der Waals surface area contributed by atoms with Crippen LogP contribution in [0.3, 0.4) is 0 Å². The summed E-state index contributed by atoms with van der Waals surface area (Å²) < 4.78 is 4.65. The van der Waals surface area contributed by atoms with Crippen LogP contribution in [0.25, 0.3) is 77.2 Å². The van der Waals surface area contributed by atoms with E-state index in [0.29, 0.717) is 11.1 Å². The van der Waals surface area contributed by atoms with E-state index in [1.807, 2.05) is 36.4 Å². The van der Waals surface area contributed by atoms with Crippen LogP contribution in [-0.4, -0.2) is 14.9 Å². The van der Waals surface area contributed by atoms with Gasteiger partial charge in [0.25, 0.3) is 0 Å². The van der Waals surface area contributed by atoms with E-state index < -0.39 is 0 Å². The first-order chi connectivity index (χ1) is 25.7. The number of hydrogen-bond acceptors (Lipinski definition) is 1. The topological polar surface area (TPSA) is 26.9 Å². The fraction of sp³-hybridized carbons (Fsp3) is 0. The summed E-state index contributed by atoms with van der Waals surface area (Å²) in [5, 5.41) is 4.85. The SMILES string of the molecule is O=C(c1ccc(-c2ccc3c(c2)c2ccccc2n3-c2ccccc2)cc1)c1ccc(-c2ccc3c(c2)c2ccccc2n3-c2ccccc2)cc1. The van der Waals surface area contributed by atoms with Crippen LogP contribution in [0.4, 0.5) is 0 Å². The lowest BCUT2D eigenvalue weighted by Crippen LogP contribution is -2.01. The molecule has 0 N–H and O–H groups in total. The molecule has 0 fully saturated rings. The van der Waals surface area contributed by atoms with Gasteiger partial charge < -0.3 is 9.13 Å². The van der Waals surface area contributed by atoms with Crippen LogP contribution >= 0.6 is 0 Å². The van der Waals surface area contributed by atoms with Crippen molar-refractivity contribution in [1.82, 2.24) is 9.13 Å². The Bertz CT molecular complexity index is 2730. The highest BCUT2D eigenvalue weighted by atomic mass is 16.1. The molecule has 0 saturated heterocycles. The van der Waals surface area contributed by atoms with Gasteiger partial charge in [0, 0.05) is 44.0 Å². The maximum absolute atomic E-state index is 13.7. The molecule has 0 bridgehead atoms. The average molecular weight is 665 g/mol. The molecule has 2 heterocycles. The fourth-order valence-corrected chi connectivity index (χ4v) is 7.81. The number of para-hydroxylation sites is 4. The summed E-state index contributed by atoms with van der Waals surface area (Å²) in [6.07, 6.45) is 0. The van der Waals surface area contributed by atoms with Crippen molar-refractivity contribution in [1.29, 1.82) is 0 Å². The van der Waals surface area contributed by atoms with Crippen LogP contribution in [0.1, 0.15) is 15.9 Å². The van der Waals surface area contributed by atoms with Gasteiger partial charge in [-0.1, -0.05) is 133 Å². The molecule has 244 valence electrons. The van der Waals surface area contributed by atoms with E-state index in [-0.39, 0.29) is 5.78 Å². The van der Waals surface area contributed by atoms with Crippen LogP contribution in [0.15, 0.2) is 194 Å². The number of rotatable bonds is 6. The summed E-state index contributed by atoms with van der Waals surface area (Å²) in [4.78, 5) is 13.7. The lowest BCUT2D eigenvalue weighted by atomic mass is 9.96. The zero-order valence-electron chi connectivity index (χ0n) is 28.3. The lowest BCUT2D eigenvalue weighted by molar-refractivity contribution is 0.103. The van der Waals surface area contributed by atoms with E-state index in [1.165, 1.54) is 43.6 Å². The molecule has 0 spiro atoms. The predicted molar refractivity (Wildman–Crippen MR) is 216 cm³/mol. The molecular weight excluding hydrogens is 633 g/mol. The summed E-state index contributed by atoms with van der Waals surface area (Å²) in [5.74, 6) is 0.0147. The van der Waals surface area contributed by atoms with Crippen LogP contribution in [0, 0.1) is 0 Å². The number of aromatic nitrogens is 2. The van der Waals surface area contributed by atoms with Gasteiger partial charge in [0.05, 0.1) is 22.1 Å². The molecule has 0 radical (unpaired) electrons. The van der Waals surface area contributed by atoms with Gasteiger partial charge in [-0.15, -0.1) is 0 Å². The van der Waals surface area contributed by atoms with Gasteiger partial charge in [0.2, 0.25) is 0 Å². The van der Waals surface area contributed by atoms with Gasteiger partial charge in [-0.3, -0.25) is 4.79 Å². The molecule has 0 aliphatic heterocycles. The van der Waals surface area contributed by atoms with Crippen LogP contribution < -0.4 is 0 Å². The van der Waals surface area contributed by atoms with E-state index in [2.05, 4.69) is 167 Å². The lowest BCUT2D eigenvalue weighted by Gasteiger charge is -2.09. The van der Waals surface area contributed by atoms with E-state index >= 15 is 0 Å². The van der Waals surface area contributed by atoms with Gasteiger partial charge in [-0.25, -0.2) is 0 Å². The highest BCUT2D eigenvalue weighted by Gasteiger charge is 2.16. The quantitative estimate of drug-likeness (QED) is 0.163. The van der Waals surface area contributed by atoms with Crippen molar-refractivity contribution < 1.29 is 4.79 Å². The van der Waals surface area contributed by atoms with Crippen molar-refractivity contribution in [2.75, 3.05) is 0 Å². The third-order valence-corrected chi connectivity index (χ3v) is 10.3. The standard InChI is InChI=1S/C49H32N2O/c52-49(35-23-19-33(20-24-35)37-27-29-47-43(31-37)41-15-7-9-17-45(41)50(47)39-11-3-1-4-12-39)36-25-21-34(22-26-36)38-28-30-48-44(32-38)42-16-8-10-18-46(42)51(48)40-13-5-2-6-14-40/h1-32H. The first kappa shape index (κ1) is 29.9. The molecule has 0 aliphatic carbocycles. The van der Waals surface area contributed by atoms with Crippen LogP contribution in [-0.2, 0) is 0 Å². The van der Waals surface area contributed by atoms with E-state index in [1.54, 1.807) is 0 Å². The molecule has 3 nitrogen and oxygen atoms in total. The number of hydrogen-bond donors (Lipinski definition) is 0. The maximum atomic E-state index is 13.7. The van der Waals surface area contributed by atoms with E-state index in [4.69, 9.17) is 0 Å². The smallest absolute Gasteiger partial charge is 0.193 e. The molecule has 0 unspecified atom stereocenters. The van der Waals surface area contributed by atoms with Gasteiger partial charge in [0.1, 0.15) is 0 Å². The molecule has 0 atom stereocenters. The van der Waals surface area contributed by atoms with Crippen molar-refractivity contribution in [3.8, 4) is 33.6 Å². The molecule has 52 heavy (non-hydrogen) atoms. The Morgan fingerprint density at radius 2 is 0.654 bits per heavy atom. The summed E-state index contributed by atoms with van der Waals surface area (Å²) in [6, 6.07) is 67.4. The Kier molecular flexibility index (Phi) is 6.97. The second kappa shape index (κ2) is 12.1. The number of fused-ring (bicyclic) bond motifs is 6. The molecule has 0 saturated carbocycles. The van der Waals surface area contributed by atoms with E-state index in [9.17, 15) is 4.79 Å². The summed E-state index contributed by atoms with van der Waals surface area (Å²) in [7, 11) is 0. The van der Waals surface area contributed by atoms with Crippen molar-refractivity contribution in [2.24, 2.45) is 0 Å². The number of benzene rings is 8. The zero-order chi connectivity index (χ0) is 34.6. The second-order valence-electron chi connectivity index (χ2n) is 13.3. The summed E-state index contributed by atoms with van der Waals surface area (Å²) >= 11 is 0.